The van der Waals surface area contributed by atoms with Crippen LogP contribution in [0.4, 0.5) is 5.69 Å². The molecule has 0 bridgehead atoms. The Morgan fingerprint density at radius 2 is 2.00 bits per heavy atom. The van der Waals surface area contributed by atoms with E-state index in [4.69, 9.17) is 0 Å². The highest BCUT2D eigenvalue weighted by molar-refractivity contribution is 7.99. The fourth-order valence-corrected chi connectivity index (χ4v) is 4.51. The first-order valence-electron chi connectivity index (χ1n) is 7.64. The smallest absolute Gasteiger partial charge is 0.255 e. The predicted molar refractivity (Wildman–Crippen MR) is 99.9 cm³/mol. The molecule has 1 aromatic carbocycles. The van der Waals surface area contributed by atoms with Gasteiger partial charge in [-0.25, -0.2) is 4.98 Å². The Labute approximate surface area is 149 Å². The second-order valence-electron chi connectivity index (χ2n) is 5.90. The third kappa shape index (κ3) is 3.67. The molecular weight excluding hydrogens is 342 g/mol. The zero-order valence-corrected chi connectivity index (χ0v) is 15.5. The summed E-state index contributed by atoms with van der Waals surface area (Å²) in [5.41, 5.74) is 5.65. The Hall–Kier alpha value is -1.73. The van der Waals surface area contributed by atoms with E-state index in [-0.39, 0.29) is 17.2 Å². The van der Waals surface area contributed by atoms with Crippen molar-refractivity contribution in [1.82, 2.24) is 9.97 Å². The third-order valence-electron chi connectivity index (χ3n) is 3.85. The molecule has 0 unspecified atom stereocenters. The molecule has 24 heavy (non-hydrogen) atoms. The average Bonchev–Trinajstić information content (AvgIpc) is 2.98. The van der Waals surface area contributed by atoms with Crippen LogP contribution in [0.2, 0.25) is 0 Å². The van der Waals surface area contributed by atoms with Crippen LogP contribution in [0.15, 0.2) is 22.1 Å². The molecule has 126 valence electrons. The first kappa shape index (κ1) is 17.1. The number of fused-ring (bicyclic) bond motifs is 1. The molecular formula is C17H19N3O2S2. The lowest BCUT2D eigenvalue weighted by Gasteiger charge is -2.12. The third-order valence-corrected chi connectivity index (χ3v) is 5.69. The van der Waals surface area contributed by atoms with Crippen molar-refractivity contribution in [3.63, 3.8) is 0 Å². The highest BCUT2D eigenvalue weighted by atomic mass is 32.2. The van der Waals surface area contributed by atoms with Crippen molar-refractivity contribution in [2.45, 2.75) is 37.4 Å². The molecule has 0 aliphatic carbocycles. The number of aryl methyl sites for hydroxylation is 3. The summed E-state index contributed by atoms with van der Waals surface area (Å²) < 4.78 is 0. The summed E-state index contributed by atoms with van der Waals surface area (Å²) in [6.45, 7) is 6.01. The van der Waals surface area contributed by atoms with E-state index in [1.165, 1.54) is 17.3 Å². The zero-order chi connectivity index (χ0) is 17.3. The van der Waals surface area contributed by atoms with Gasteiger partial charge in [0.25, 0.3) is 5.56 Å². The number of hydrogen-bond donors (Lipinski definition) is 2. The number of amides is 1. The largest absolute Gasteiger partial charge is 0.325 e. The van der Waals surface area contributed by atoms with E-state index in [0.717, 1.165) is 39.6 Å². The number of nitrogens with one attached hydrogen (secondary N) is 2. The van der Waals surface area contributed by atoms with Crippen molar-refractivity contribution >= 4 is 35.1 Å². The van der Waals surface area contributed by atoms with E-state index in [1.54, 1.807) is 11.8 Å². The van der Waals surface area contributed by atoms with Crippen molar-refractivity contribution in [3.8, 4) is 0 Å². The minimum atomic E-state index is -0.104. The van der Waals surface area contributed by atoms with Crippen LogP contribution >= 0.6 is 23.5 Å². The molecule has 0 saturated carbocycles. The van der Waals surface area contributed by atoms with Crippen molar-refractivity contribution < 1.29 is 4.79 Å². The summed E-state index contributed by atoms with van der Waals surface area (Å²) >= 11 is 2.94. The van der Waals surface area contributed by atoms with Gasteiger partial charge < -0.3 is 10.3 Å². The fraction of sp³-hybridized carbons (Fsp3) is 0.353. The van der Waals surface area contributed by atoms with Crippen molar-refractivity contribution in [3.05, 3.63) is 50.4 Å². The summed E-state index contributed by atoms with van der Waals surface area (Å²) in [5, 5.41) is 3.47. The molecule has 0 atom stereocenters. The Balaban J connectivity index is 1.67. The molecule has 2 N–H and O–H groups in total. The lowest BCUT2D eigenvalue weighted by atomic mass is 10.1. The maximum atomic E-state index is 12.2. The first-order valence-corrected chi connectivity index (χ1v) is 9.78. The number of nitrogens with zero attached hydrogens (tertiary/aromatic N) is 1. The van der Waals surface area contributed by atoms with Gasteiger partial charge in [0.15, 0.2) is 5.16 Å². The number of anilines is 1. The van der Waals surface area contributed by atoms with Crippen LogP contribution in [0, 0.1) is 20.8 Å². The molecule has 5 nitrogen and oxygen atoms in total. The minimum absolute atomic E-state index is 0.0851. The standard InChI is InChI=1S/C17H19N3O2S2/c1-9-4-10(2)15(11(3)5-9)19-14(21)8-24-17-18-13-7-23-6-12(13)16(22)20-17/h4-5H,6-8H2,1-3H3,(H,19,21)(H,18,20,22). The number of benzene rings is 1. The maximum absolute atomic E-state index is 12.2. The van der Waals surface area contributed by atoms with Crippen LogP contribution in [0.25, 0.3) is 0 Å². The summed E-state index contributed by atoms with van der Waals surface area (Å²) in [7, 11) is 0. The van der Waals surface area contributed by atoms with Gasteiger partial charge in [0.1, 0.15) is 0 Å². The second kappa shape index (κ2) is 7.03. The van der Waals surface area contributed by atoms with E-state index in [9.17, 15) is 9.59 Å². The van der Waals surface area contributed by atoms with E-state index in [2.05, 4.69) is 15.3 Å². The van der Waals surface area contributed by atoms with Crippen LogP contribution in [-0.2, 0) is 16.3 Å². The maximum Gasteiger partial charge on any atom is 0.255 e. The highest BCUT2D eigenvalue weighted by Crippen LogP contribution is 2.27. The van der Waals surface area contributed by atoms with Crippen LogP contribution in [0.1, 0.15) is 27.9 Å². The summed E-state index contributed by atoms with van der Waals surface area (Å²) in [5.74, 6) is 1.59. The molecule has 1 aliphatic rings. The number of H-pyrrole nitrogens is 1. The lowest BCUT2D eigenvalue weighted by Crippen LogP contribution is -2.18. The minimum Gasteiger partial charge on any atom is -0.325 e. The van der Waals surface area contributed by atoms with Gasteiger partial charge in [0, 0.05) is 22.8 Å². The van der Waals surface area contributed by atoms with Crippen LogP contribution in [-0.4, -0.2) is 21.6 Å². The number of thioether (sulfide) groups is 2. The zero-order valence-electron chi connectivity index (χ0n) is 13.9. The molecule has 3 rings (SSSR count). The first-order chi connectivity index (χ1) is 11.4. The SMILES string of the molecule is Cc1cc(C)c(NC(=O)CSc2nc3c(c(=O)[nH]2)CSC3)c(C)c1. The van der Waals surface area contributed by atoms with Crippen molar-refractivity contribution in [2.24, 2.45) is 0 Å². The van der Waals surface area contributed by atoms with Crippen molar-refractivity contribution in [1.29, 1.82) is 0 Å². The fourth-order valence-electron chi connectivity index (χ4n) is 2.79. The molecule has 1 aromatic heterocycles. The molecule has 1 aliphatic heterocycles. The van der Waals surface area contributed by atoms with Crippen LogP contribution in [0.5, 0.6) is 0 Å². The molecule has 0 saturated heterocycles. The molecule has 0 spiro atoms. The van der Waals surface area contributed by atoms with Gasteiger partial charge in [-0.2, -0.15) is 11.8 Å². The van der Waals surface area contributed by atoms with Crippen LogP contribution < -0.4 is 10.9 Å². The number of aromatic nitrogens is 2. The normalized spacial score (nSPS) is 13.0. The monoisotopic (exact) mass is 361 g/mol. The van der Waals surface area contributed by atoms with Gasteiger partial charge in [-0.1, -0.05) is 29.5 Å². The molecule has 0 fully saturated rings. The quantitative estimate of drug-likeness (QED) is 0.646. The van der Waals surface area contributed by atoms with E-state index < -0.39 is 0 Å². The van der Waals surface area contributed by atoms with Gasteiger partial charge in [0.05, 0.1) is 11.4 Å². The summed E-state index contributed by atoms with van der Waals surface area (Å²) in [6, 6.07) is 4.10. The van der Waals surface area contributed by atoms with Gasteiger partial charge in [-0.3, -0.25) is 9.59 Å². The van der Waals surface area contributed by atoms with Gasteiger partial charge >= 0.3 is 0 Å². The van der Waals surface area contributed by atoms with Crippen molar-refractivity contribution in [2.75, 3.05) is 11.1 Å². The molecule has 0 radical (unpaired) electrons. The number of hydrogen-bond acceptors (Lipinski definition) is 5. The topological polar surface area (TPSA) is 74.8 Å². The molecule has 2 heterocycles. The Morgan fingerprint density at radius 1 is 1.29 bits per heavy atom. The predicted octanol–water partition coefficient (Wildman–Crippen LogP) is 3.17. The summed E-state index contributed by atoms with van der Waals surface area (Å²) in [4.78, 5) is 31.4. The Bertz CT molecular complexity index is 838. The van der Waals surface area contributed by atoms with Gasteiger partial charge in [0.2, 0.25) is 5.91 Å². The average molecular weight is 361 g/mol. The van der Waals surface area contributed by atoms with Crippen LogP contribution in [0.3, 0.4) is 0 Å². The second-order valence-corrected chi connectivity index (χ2v) is 7.85. The molecule has 7 heteroatoms. The number of rotatable bonds is 4. The molecule has 1 amide bonds. The Morgan fingerprint density at radius 3 is 2.71 bits per heavy atom. The van der Waals surface area contributed by atoms with E-state index >= 15 is 0 Å². The summed E-state index contributed by atoms with van der Waals surface area (Å²) in [6.07, 6.45) is 0. The number of carbonyl (C=O) groups excluding carboxylic acids is 1. The Kier molecular flexibility index (Phi) is 5.01. The number of carbonyl (C=O) groups is 1. The van der Waals surface area contributed by atoms with E-state index in [1.807, 2.05) is 32.9 Å². The number of aromatic amines is 1. The van der Waals surface area contributed by atoms with E-state index in [0.29, 0.717) is 5.16 Å². The highest BCUT2D eigenvalue weighted by Gasteiger charge is 2.18. The van der Waals surface area contributed by atoms with Gasteiger partial charge in [-0.15, -0.1) is 0 Å². The van der Waals surface area contributed by atoms with Gasteiger partial charge in [-0.05, 0) is 31.9 Å². The molecule has 2 aromatic rings. The lowest BCUT2D eigenvalue weighted by molar-refractivity contribution is -0.113.